The summed E-state index contributed by atoms with van der Waals surface area (Å²) in [4.78, 5) is 28.0. The number of Topliss-reactive ketones (excluding diaryl/α,β-unsaturated/α-hetero) is 1. The second-order valence-electron chi connectivity index (χ2n) is 4.84. The standard InChI is InChI=1S/C16H13Cl2NO2/c1-8-4-6-11(7-5-8)16(21)19-14-12(17)9(2)15(20)10(3)13(14)18/h4-7H,1-3H3. The summed E-state index contributed by atoms with van der Waals surface area (Å²) >= 11 is 12.2. The van der Waals surface area contributed by atoms with Crippen LogP contribution in [0.2, 0.25) is 0 Å². The van der Waals surface area contributed by atoms with Crippen molar-refractivity contribution in [3.05, 3.63) is 56.6 Å². The summed E-state index contributed by atoms with van der Waals surface area (Å²) in [5, 5.41) is 0.243. The van der Waals surface area contributed by atoms with E-state index in [9.17, 15) is 9.59 Å². The van der Waals surface area contributed by atoms with Crippen LogP contribution in [0.4, 0.5) is 0 Å². The molecule has 2 rings (SSSR count). The first-order valence-electron chi connectivity index (χ1n) is 6.30. The number of rotatable bonds is 1. The summed E-state index contributed by atoms with van der Waals surface area (Å²) in [5.41, 5.74) is 2.32. The fraction of sp³-hybridized carbons (Fsp3) is 0.188. The molecule has 0 unspecified atom stereocenters. The van der Waals surface area contributed by atoms with Gasteiger partial charge in [0.25, 0.3) is 5.91 Å². The molecule has 0 heterocycles. The molecule has 1 aliphatic rings. The molecule has 0 aliphatic heterocycles. The van der Waals surface area contributed by atoms with Crippen LogP contribution in [0.15, 0.2) is 50.5 Å². The van der Waals surface area contributed by atoms with Crippen molar-refractivity contribution in [1.82, 2.24) is 0 Å². The van der Waals surface area contributed by atoms with Crippen LogP contribution < -0.4 is 0 Å². The molecule has 0 saturated heterocycles. The Morgan fingerprint density at radius 3 is 1.90 bits per heavy atom. The molecule has 1 amide bonds. The fourth-order valence-corrected chi connectivity index (χ4v) is 2.39. The fourth-order valence-electron chi connectivity index (χ4n) is 1.89. The maximum Gasteiger partial charge on any atom is 0.277 e. The number of benzene rings is 1. The Kier molecular flexibility index (Phi) is 4.45. The normalized spacial score (nSPS) is 15.7. The summed E-state index contributed by atoms with van der Waals surface area (Å²) in [5.74, 6) is -0.678. The minimum Gasteiger partial charge on any atom is -0.289 e. The maximum atomic E-state index is 12.2. The summed E-state index contributed by atoms with van der Waals surface area (Å²) in [6.07, 6.45) is 0. The smallest absolute Gasteiger partial charge is 0.277 e. The average Bonchev–Trinajstić information content (AvgIpc) is 2.48. The molecule has 0 N–H and O–H groups in total. The van der Waals surface area contributed by atoms with Crippen molar-refractivity contribution < 1.29 is 9.59 Å². The van der Waals surface area contributed by atoms with E-state index < -0.39 is 5.91 Å². The van der Waals surface area contributed by atoms with Gasteiger partial charge >= 0.3 is 0 Å². The van der Waals surface area contributed by atoms with Crippen molar-refractivity contribution >= 4 is 40.6 Å². The van der Waals surface area contributed by atoms with Crippen LogP contribution in [0, 0.1) is 6.92 Å². The molecule has 3 nitrogen and oxygen atoms in total. The predicted molar refractivity (Wildman–Crippen MR) is 85.1 cm³/mol. The molecule has 5 heteroatoms. The van der Waals surface area contributed by atoms with Crippen molar-refractivity contribution in [2.75, 3.05) is 0 Å². The van der Waals surface area contributed by atoms with Gasteiger partial charge in [0, 0.05) is 16.7 Å². The quantitative estimate of drug-likeness (QED) is 0.728. The highest BCUT2D eigenvalue weighted by Gasteiger charge is 2.27. The van der Waals surface area contributed by atoms with Gasteiger partial charge in [0.2, 0.25) is 0 Å². The maximum absolute atomic E-state index is 12.2. The molecule has 0 spiro atoms. The molecule has 0 aromatic heterocycles. The van der Waals surface area contributed by atoms with Gasteiger partial charge in [-0.05, 0) is 32.9 Å². The monoisotopic (exact) mass is 321 g/mol. The first kappa shape index (κ1) is 15.7. The number of ketones is 1. The zero-order valence-corrected chi connectivity index (χ0v) is 13.3. The van der Waals surface area contributed by atoms with Crippen molar-refractivity contribution in [1.29, 1.82) is 0 Å². The van der Waals surface area contributed by atoms with E-state index in [1.807, 2.05) is 19.1 Å². The Bertz CT molecular complexity index is 695. The zero-order valence-electron chi connectivity index (χ0n) is 11.8. The number of carbonyl (C=O) groups excluding carboxylic acids is 2. The van der Waals surface area contributed by atoms with E-state index in [0.29, 0.717) is 16.7 Å². The van der Waals surface area contributed by atoms with E-state index in [0.717, 1.165) is 5.56 Å². The van der Waals surface area contributed by atoms with Crippen molar-refractivity contribution in [3.8, 4) is 0 Å². The number of amides is 1. The molecule has 0 fully saturated rings. The van der Waals surface area contributed by atoms with Gasteiger partial charge in [0.15, 0.2) is 5.78 Å². The lowest BCUT2D eigenvalue weighted by Gasteiger charge is -2.16. The van der Waals surface area contributed by atoms with Crippen molar-refractivity contribution in [3.63, 3.8) is 0 Å². The number of hydrogen-bond donors (Lipinski definition) is 0. The van der Waals surface area contributed by atoms with E-state index in [-0.39, 0.29) is 21.6 Å². The van der Waals surface area contributed by atoms with E-state index in [2.05, 4.69) is 4.99 Å². The van der Waals surface area contributed by atoms with Gasteiger partial charge in [0.1, 0.15) is 5.71 Å². The second-order valence-corrected chi connectivity index (χ2v) is 5.59. The van der Waals surface area contributed by atoms with Crippen LogP contribution in [0.3, 0.4) is 0 Å². The van der Waals surface area contributed by atoms with E-state index >= 15 is 0 Å². The third kappa shape index (κ3) is 2.99. The highest BCUT2D eigenvalue weighted by molar-refractivity contribution is 6.60. The number of halogens is 2. The summed E-state index contributed by atoms with van der Waals surface area (Å²) in [6.45, 7) is 5.10. The molecule has 1 aliphatic carbocycles. The Hall–Kier alpha value is -1.71. The minimum atomic E-state index is -0.448. The molecule has 1 aromatic carbocycles. The summed E-state index contributed by atoms with van der Waals surface area (Å²) in [6, 6.07) is 7.02. The van der Waals surface area contributed by atoms with Crippen LogP contribution in [0.1, 0.15) is 29.8 Å². The Labute approximate surface area is 133 Å². The van der Waals surface area contributed by atoms with Gasteiger partial charge in [-0.1, -0.05) is 40.9 Å². The number of hydrogen-bond acceptors (Lipinski definition) is 2. The van der Waals surface area contributed by atoms with E-state index in [1.165, 1.54) is 0 Å². The molecule has 21 heavy (non-hydrogen) atoms. The molecule has 1 aromatic rings. The lowest BCUT2D eigenvalue weighted by molar-refractivity contribution is -0.112. The van der Waals surface area contributed by atoms with Crippen molar-refractivity contribution in [2.24, 2.45) is 4.99 Å². The Morgan fingerprint density at radius 1 is 0.952 bits per heavy atom. The largest absolute Gasteiger partial charge is 0.289 e. The molecule has 0 bridgehead atoms. The number of aliphatic imine (C=N–C) groups is 1. The number of carbonyl (C=O) groups is 2. The van der Waals surface area contributed by atoms with E-state index in [1.54, 1.807) is 26.0 Å². The SMILES string of the molecule is CC1=C(Cl)C(=NC(=O)c2ccc(C)cc2)C(Cl)=C(C)C1=O. The second kappa shape index (κ2) is 5.96. The number of nitrogens with zero attached hydrogens (tertiary/aromatic N) is 1. The van der Waals surface area contributed by atoms with Crippen molar-refractivity contribution in [2.45, 2.75) is 20.8 Å². The highest BCUT2D eigenvalue weighted by Crippen LogP contribution is 2.30. The molecular formula is C16H13Cl2NO2. The zero-order chi connectivity index (χ0) is 15.7. The van der Waals surface area contributed by atoms with Crippen LogP contribution in [0.5, 0.6) is 0 Å². The molecule has 0 saturated carbocycles. The summed E-state index contributed by atoms with van der Waals surface area (Å²) < 4.78 is 0. The highest BCUT2D eigenvalue weighted by atomic mass is 35.5. The van der Waals surface area contributed by atoms with Gasteiger partial charge in [-0.2, -0.15) is 0 Å². The van der Waals surface area contributed by atoms with Gasteiger partial charge < -0.3 is 0 Å². The van der Waals surface area contributed by atoms with Gasteiger partial charge in [-0.3, -0.25) is 9.59 Å². The first-order valence-corrected chi connectivity index (χ1v) is 7.06. The predicted octanol–water partition coefficient (Wildman–Crippen LogP) is 4.18. The molecule has 0 radical (unpaired) electrons. The third-order valence-corrected chi connectivity index (χ3v) is 4.19. The number of allylic oxidation sites excluding steroid dienone is 4. The van der Waals surface area contributed by atoms with Gasteiger partial charge in [0.05, 0.1) is 10.1 Å². The lowest BCUT2D eigenvalue weighted by Crippen LogP contribution is -2.18. The van der Waals surface area contributed by atoms with Gasteiger partial charge in [-0.15, -0.1) is 0 Å². The molecular weight excluding hydrogens is 309 g/mol. The van der Waals surface area contributed by atoms with E-state index in [4.69, 9.17) is 23.2 Å². The average molecular weight is 322 g/mol. The molecule has 108 valence electrons. The topological polar surface area (TPSA) is 46.5 Å². The lowest BCUT2D eigenvalue weighted by atomic mass is 9.97. The van der Waals surface area contributed by atoms with Gasteiger partial charge in [-0.25, -0.2) is 4.99 Å². The summed E-state index contributed by atoms with van der Waals surface area (Å²) in [7, 11) is 0. The first-order chi connectivity index (χ1) is 9.82. The van der Waals surface area contributed by atoms with Crippen LogP contribution in [-0.2, 0) is 4.79 Å². The minimum absolute atomic E-state index is 0.121. The Balaban J connectivity index is 2.46. The molecule has 0 atom stereocenters. The van der Waals surface area contributed by atoms with Crippen LogP contribution >= 0.6 is 23.2 Å². The number of aryl methyl sites for hydroxylation is 1. The third-order valence-electron chi connectivity index (χ3n) is 3.27. The van der Waals surface area contributed by atoms with Crippen LogP contribution in [0.25, 0.3) is 0 Å². The van der Waals surface area contributed by atoms with Crippen LogP contribution in [-0.4, -0.2) is 17.4 Å². The Morgan fingerprint density at radius 2 is 1.43 bits per heavy atom.